The molecule has 0 aliphatic rings. The van der Waals surface area contributed by atoms with Gasteiger partial charge in [-0.2, -0.15) is 9.78 Å². The maximum atomic E-state index is 13.5. The van der Waals surface area contributed by atoms with Crippen LogP contribution in [0.4, 0.5) is 0 Å². The van der Waals surface area contributed by atoms with E-state index in [0.29, 0.717) is 41.3 Å². The van der Waals surface area contributed by atoms with Crippen LogP contribution in [0.2, 0.25) is 0 Å². The standard InChI is InChI=1S/C30H29Br2N3O3/c1-5-7-22-14-21(15-27(37-4)28(22)38-18-20-8-10-23(31)11-9-20)17-33-35-29(19(3)6-2)34-26-13-12-24(32)16-25(26)30(35)36/h5,8-17,19H,1,6-7,18H2,2-4H3/t19-/m1/s1. The molecule has 3 aromatic carbocycles. The molecule has 0 spiro atoms. The van der Waals surface area contributed by atoms with Gasteiger partial charge in [0.25, 0.3) is 5.56 Å². The Morgan fingerprint density at radius 2 is 1.84 bits per heavy atom. The third-order valence-corrected chi connectivity index (χ3v) is 7.27. The van der Waals surface area contributed by atoms with Crippen molar-refractivity contribution in [2.45, 2.75) is 39.2 Å². The maximum absolute atomic E-state index is 13.5. The number of rotatable bonds is 10. The maximum Gasteiger partial charge on any atom is 0.282 e. The molecule has 4 aromatic rings. The van der Waals surface area contributed by atoms with Crippen molar-refractivity contribution in [1.29, 1.82) is 0 Å². The summed E-state index contributed by atoms with van der Waals surface area (Å²) in [4.78, 5) is 18.2. The second-order valence-corrected chi connectivity index (χ2v) is 10.8. The van der Waals surface area contributed by atoms with E-state index in [1.165, 1.54) is 4.68 Å². The lowest BCUT2D eigenvalue weighted by Gasteiger charge is -2.16. The van der Waals surface area contributed by atoms with E-state index in [2.05, 4.69) is 50.5 Å². The zero-order valence-corrected chi connectivity index (χ0v) is 24.8. The summed E-state index contributed by atoms with van der Waals surface area (Å²) >= 11 is 6.91. The summed E-state index contributed by atoms with van der Waals surface area (Å²) in [7, 11) is 1.61. The van der Waals surface area contributed by atoms with Crippen LogP contribution in [0.3, 0.4) is 0 Å². The first-order chi connectivity index (χ1) is 18.3. The normalized spacial score (nSPS) is 12.1. The van der Waals surface area contributed by atoms with Gasteiger partial charge in [-0.25, -0.2) is 4.98 Å². The Labute approximate surface area is 239 Å². The SMILES string of the molecule is C=CCc1cc(C=Nn2c([C@H](C)CC)nc3ccc(Br)cc3c2=O)cc(OC)c1OCc1ccc(Br)cc1. The number of benzene rings is 3. The van der Waals surface area contributed by atoms with E-state index >= 15 is 0 Å². The van der Waals surface area contributed by atoms with Gasteiger partial charge in [-0.3, -0.25) is 4.79 Å². The fourth-order valence-electron chi connectivity index (χ4n) is 4.02. The number of allylic oxidation sites excluding steroid dienone is 1. The van der Waals surface area contributed by atoms with E-state index in [1.807, 2.05) is 61.5 Å². The summed E-state index contributed by atoms with van der Waals surface area (Å²) in [6.07, 6.45) is 4.88. The van der Waals surface area contributed by atoms with Crippen LogP contribution in [0.25, 0.3) is 10.9 Å². The first kappa shape index (κ1) is 27.8. The molecule has 0 amide bonds. The first-order valence-corrected chi connectivity index (χ1v) is 13.9. The van der Waals surface area contributed by atoms with Crippen LogP contribution in [-0.4, -0.2) is 23.0 Å². The Morgan fingerprint density at radius 1 is 1.11 bits per heavy atom. The molecular formula is C30H29Br2N3O3. The van der Waals surface area contributed by atoms with Gasteiger partial charge in [0.2, 0.25) is 0 Å². The Hall–Kier alpha value is -3.23. The number of ether oxygens (including phenoxy) is 2. The number of fused-ring (bicyclic) bond motifs is 1. The van der Waals surface area contributed by atoms with Gasteiger partial charge in [-0.1, -0.05) is 63.9 Å². The van der Waals surface area contributed by atoms with E-state index in [9.17, 15) is 4.79 Å². The van der Waals surface area contributed by atoms with Crippen molar-refractivity contribution in [3.05, 3.63) is 109 Å². The highest BCUT2D eigenvalue weighted by molar-refractivity contribution is 9.10. The monoisotopic (exact) mass is 637 g/mol. The minimum Gasteiger partial charge on any atom is -0.493 e. The van der Waals surface area contributed by atoms with Gasteiger partial charge < -0.3 is 9.47 Å². The highest BCUT2D eigenvalue weighted by Crippen LogP contribution is 2.34. The van der Waals surface area contributed by atoms with Crippen LogP contribution in [0.5, 0.6) is 11.5 Å². The van der Waals surface area contributed by atoms with E-state index in [-0.39, 0.29) is 11.5 Å². The minimum atomic E-state index is -0.212. The predicted octanol–water partition coefficient (Wildman–Crippen LogP) is 7.63. The van der Waals surface area contributed by atoms with Gasteiger partial charge in [0.05, 0.1) is 24.2 Å². The largest absolute Gasteiger partial charge is 0.493 e. The zero-order chi connectivity index (χ0) is 27.2. The fourth-order valence-corrected chi connectivity index (χ4v) is 4.65. The minimum absolute atomic E-state index is 0.0492. The lowest BCUT2D eigenvalue weighted by atomic mass is 10.1. The molecule has 1 atom stereocenters. The molecule has 1 aromatic heterocycles. The molecular weight excluding hydrogens is 610 g/mol. The highest BCUT2D eigenvalue weighted by atomic mass is 79.9. The second-order valence-electron chi connectivity index (χ2n) is 8.92. The molecule has 0 N–H and O–H groups in total. The Kier molecular flexibility index (Phi) is 9.17. The van der Waals surface area contributed by atoms with Gasteiger partial charge in [-0.05, 0) is 66.4 Å². The molecule has 4 rings (SSSR count). The van der Waals surface area contributed by atoms with Crippen molar-refractivity contribution in [3.8, 4) is 11.5 Å². The smallest absolute Gasteiger partial charge is 0.282 e. The number of halogens is 2. The molecule has 0 saturated heterocycles. The summed E-state index contributed by atoms with van der Waals surface area (Å²) in [6.45, 7) is 8.40. The summed E-state index contributed by atoms with van der Waals surface area (Å²) in [6, 6.07) is 17.3. The van der Waals surface area contributed by atoms with Crippen LogP contribution in [0, 0.1) is 0 Å². The second kappa shape index (κ2) is 12.5. The molecule has 0 unspecified atom stereocenters. The third kappa shape index (κ3) is 6.25. The van der Waals surface area contributed by atoms with E-state index < -0.39 is 0 Å². The number of hydrogen-bond acceptors (Lipinski definition) is 5. The van der Waals surface area contributed by atoms with Crippen LogP contribution >= 0.6 is 31.9 Å². The zero-order valence-electron chi connectivity index (χ0n) is 21.6. The number of hydrogen-bond donors (Lipinski definition) is 0. The molecule has 38 heavy (non-hydrogen) atoms. The van der Waals surface area contributed by atoms with Crippen molar-refractivity contribution in [3.63, 3.8) is 0 Å². The fraction of sp³-hybridized carbons (Fsp3) is 0.233. The topological polar surface area (TPSA) is 65.7 Å². The number of aromatic nitrogens is 2. The van der Waals surface area contributed by atoms with Crippen LogP contribution in [0.1, 0.15) is 48.7 Å². The molecule has 6 nitrogen and oxygen atoms in total. The van der Waals surface area contributed by atoms with Gasteiger partial charge in [0, 0.05) is 20.4 Å². The van der Waals surface area contributed by atoms with Crippen molar-refractivity contribution in [2.24, 2.45) is 5.10 Å². The summed E-state index contributed by atoms with van der Waals surface area (Å²) in [5.74, 6) is 1.91. The summed E-state index contributed by atoms with van der Waals surface area (Å²) in [5, 5.41) is 5.11. The van der Waals surface area contributed by atoms with Crippen LogP contribution < -0.4 is 15.0 Å². The predicted molar refractivity (Wildman–Crippen MR) is 161 cm³/mol. The molecule has 8 heteroatoms. The quantitative estimate of drug-likeness (QED) is 0.132. The van der Waals surface area contributed by atoms with Crippen LogP contribution in [-0.2, 0) is 13.0 Å². The van der Waals surface area contributed by atoms with E-state index in [4.69, 9.17) is 14.5 Å². The molecule has 0 fully saturated rings. The molecule has 1 heterocycles. The van der Waals surface area contributed by atoms with Crippen molar-refractivity contribution < 1.29 is 9.47 Å². The molecule has 0 bridgehead atoms. The van der Waals surface area contributed by atoms with Gasteiger partial charge in [0.1, 0.15) is 12.4 Å². The number of methoxy groups -OCH3 is 1. The van der Waals surface area contributed by atoms with Gasteiger partial charge in [-0.15, -0.1) is 6.58 Å². The molecule has 196 valence electrons. The van der Waals surface area contributed by atoms with E-state index in [1.54, 1.807) is 19.4 Å². The van der Waals surface area contributed by atoms with Gasteiger partial charge >= 0.3 is 0 Å². The lowest BCUT2D eigenvalue weighted by Crippen LogP contribution is -2.23. The Balaban J connectivity index is 1.74. The average molecular weight is 639 g/mol. The Bertz CT molecular complexity index is 1550. The van der Waals surface area contributed by atoms with Crippen molar-refractivity contribution in [1.82, 2.24) is 9.66 Å². The van der Waals surface area contributed by atoms with Gasteiger partial charge in [0.15, 0.2) is 11.5 Å². The molecule has 0 radical (unpaired) electrons. The third-order valence-electron chi connectivity index (χ3n) is 6.24. The highest BCUT2D eigenvalue weighted by Gasteiger charge is 2.17. The number of nitrogens with zero attached hydrogens (tertiary/aromatic N) is 3. The molecule has 0 aliphatic heterocycles. The summed E-state index contributed by atoms with van der Waals surface area (Å²) in [5.41, 5.74) is 3.16. The Morgan fingerprint density at radius 3 is 2.53 bits per heavy atom. The molecule has 0 aliphatic carbocycles. The van der Waals surface area contributed by atoms with E-state index in [0.717, 1.165) is 32.1 Å². The van der Waals surface area contributed by atoms with Crippen molar-refractivity contribution >= 4 is 49.0 Å². The first-order valence-electron chi connectivity index (χ1n) is 12.3. The van der Waals surface area contributed by atoms with Crippen molar-refractivity contribution in [2.75, 3.05) is 7.11 Å². The average Bonchev–Trinajstić information content (AvgIpc) is 2.92. The van der Waals surface area contributed by atoms with Crippen LogP contribution in [0.15, 0.2) is 86.1 Å². The summed E-state index contributed by atoms with van der Waals surface area (Å²) < 4.78 is 15.1. The molecule has 0 saturated carbocycles. The lowest BCUT2D eigenvalue weighted by molar-refractivity contribution is 0.282.